The predicted octanol–water partition coefficient (Wildman–Crippen LogP) is 9.34. The van der Waals surface area contributed by atoms with Gasteiger partial charge in [-0.05, 0) is 84.6 Å². The molecule has 1 aromatic carbocycles. The van der Waals surface area contributed by atoms with Gasteiger partial charge in [0.1, 0.15) is 12.2 Å². The zero-order valence-electron chi connectivity index (χ0n) is 26.8. The zero-order valence-corrected chi connectivity index (χ0v) is 26.8. The van der Waals surface area contributed by atoms with E-state index in [-0.39, 0.29) is 28.5 Å². The molecule has 2 saturated carbocycles. The molecule has 220 valence electrons. The van der Waals surface area contributed by atoms with E-state index < -0.39 is 6.10 Å². The summed E-state index contributed by atoms with van der Waals surface area (Å²) in [6.07, 6.45) is 10.4. The topological polar surface area (TPSA) is 45.2 Å². The van der Waals surface area contributed by atoms with E-state index in [1.807, 2.05) is 26.8 Å². The maximum atomic E-state index is 10.9. The minimum atomic E-state index is -0.592. The normalized spacial score (nSPS) is 34.0. The number of ether oxygens (including phenoxy) is 1. The summed E-state index contributed by atoms with van der Waals surface area (Å²) in [5, 5.41) is 12.3. The maximum absolute atomic E-state index is 10.9. The highest BCUT2D eigenvalue weighted by atomic mass is 16.5. The average molecular weight is 546 g/mol. The fourth-order valence-corrected chi connectivity index (χ4v) is 8.39. The van der Waals surface area contributed by atoms with Gasteiger partial charge in [0.15, 0.2) is 0 Å². The monoisotopic (exact) mass is 545 g/mol. The van der Waals surface area contributed by atoms with Crippen molar-refractivity contribution in [3.63, 3.8) is 0 Å². The highest BCUT2D eigenvalue weighted by Crippen LogP contribution is 2.68. The largest absolute Gasteiger partial charge is 0.386 e. The van der Waals surface area contributed by atoms with Crippen molar-refractivity contribution in [3.8, 4) is 0 Å². The van der Waals surface area contributed by atoms with Gasteiger partial charge >= 0.3 is 0 Å². The van der Waals surface area contributed by atoms with E-state index in [0.717, 1.165) is 24.8 Å². The SMILES string of the molecule is C=CC(C)(C)c1ccc2c3c([nH]c2c1)[C@@]1(C)C(CCC2C4=CC(O)C(C(=C)C)OC4CCC21C)C3.CC.CCC. The van der Waals surface area contributed by atoms with E-state index in [9.17, 15) is 5.11 Å². The Morgan fingerprint density at radius 1 is 1.18 bits per heavy atom. The minimum absolute atomic E-state index is 0.0492. The number of nitrogens with one attached hydrogen (secondary N) is 1. The van der Waals surface area contributed by atoms with Gasteiger partial charge in [0.2, 0.25) is 0 Å². The second-order valence-corrected chi connectivity index (χ2v) is 13.6. The molecule has 1 aliphatic heterocycles. The van der Waals surface area contributed by atoms with Crippen molar-refractivity contribution in [1.82, 2.24) is 4.98 Å². The molecule has 2 N–H and O–H groups in total. The lowest BCUT2D eigenvalue weighted by Gasteiger charge is -2.61. The molecule has 1 aromatic heterocycles. The first-order valence-corrected chi connectivity index (χ1v) is 15.9. The van der Waals surface area contributed by atoms with Crippen LogP contribution in [0.4, 0.5) is 0 Å². The fourth-order valence-electron chi connectivity index (χ4n) is 8.39. The quantitative estimate of drug-likeness (QED) is 0.377. The van der Waals surface area contributed by atoms with Crippen LogP contribution in [-0.4, -0.2) is 28.4 Å². The number of hydrogen-bond acceptors (Lipinski definition) is 2. The number of H-pyrrole nitrogens is 1. The molecular formula is C37H55NO2. The van der Waals surface area contributed by atoms with Gasteiger partial charge in [-0.1, -0.05) is 92.7 Å². The third-order valence-electron chi connectivity index (χ3n) is 10.9. The predicted molar refractivity (Wildman–Crippen MR) is 171 cm³/mol. The Morgan fingerprint density at radius 3 is 2.48 bits per heavy atom. The third kappa shape index (κ3) is 4.56. The Hall–Kier alpha value is -2.10. The van der Waals surface area contributed by atoms with Crippen LogP contribution < -0.4 is 0 Å². The van der Waals surface area contributed by atoms with Gasteiger partial charge in [0.25, 0.3) is 0 Å². The van der Waals surface area contributed by atoms with Crippen molar-refractivity contribution in [2.75, 3.05) is 0 Å². The van der Waals surface area contributed by atoms with Crippen LogP contribution in [0.3, 0.4) is 0 Å². The molecule has 2 fully saturated rings. The second kappa shape index (κ2) is 11.3. The van der Waals surface area contributed by atoms with Crippen molar-refractivity contribution in [1.29, 1.82) is 0 Å². The number of fused-ring (bicyclic) bond motifs is 9. The fraction of sp³-hybridized carbons (Fsp3) is 0.622. The van der Waals surface area contributed by atoms with E-state index >= 15 is 0 Å². The molecule has 6 unspecified atom stereocenters. The Morgan fingerprint density at radius 2 is 1.85 bits per heavy atom. The molecule has 2 heterocycles. The second-order valence-electron chi connectivity index (χ2n) is 13.6. The summed E-state index contributed by atoms with van der Waals surface area (Å²) in [5.74, 6) is 1.10. The zero-order chi connectivity index (χ0) is 29.6. The van der Waals surface area contributed by atoms with Crippen LogP contribution in [0.15, 0.2) is 54.7 Å². The van der Waals surface area contributed by atoms with Crippen molar-refractivity contribution in [2.45, 2.75) is 130 Å². The number of hydrogen-bond donors (Lipinski definition) is 2. The van der Waals surface area contributed by atoms with Crippen LogP contribution in [0.2, 0.25) is 0 Å². The first-order valence-electron chi connectivity index (χ1n) is 15.9. The van der Waals surface area contributed by atoms with Gasteiger partial charge in [-0.2, -0.15) is 0 Å². The maximum Gasteiger partial charge on any atom is 0.108 e. The molecule has 3 nitrogen and oxygen atoms in total. The number of benzene rings is 1. The lowest BCUT2D eigenvalue weighted by atomic mass is 9.44. The summed E-state index contributed by atoms with van der Waals surface area (Å²) in [4.78, 5) is 3.97. The summed E-state index contributed by atoms with van der Waals surface area (Å²) in [6, 6.07) is 6.98. The molecular weight excluding hydrogens is 490 g/mol. The summed E-state index contributed by atoms with van der Waals surface area (Å²) in [7, 11) is 0. The van der Waals surface area contributed by atoms with Crippen LogP contribution in [0.5, 0.6) is 0 Å². The van der Waals surface area contributed by atoms with Crippen molar-refractivity contribution < 1.29 is 9.84 Å². The first-order chi connectivity index (χ1) is 18.9. The Labute approximate surface area is 244 Å². The standard InChI is InChI=1S/C32H41NO2.C3H8.C2H6/c1-8-30(4,5)19-9-11-21-22-15-20-10-12-24-23-17-26(34)28(18(2)3)35-27(23)13-14-31(24,6)32(20,7)29(22)33-25(21)16-19;1-3-2;1-2/h8-9,11,16-17,20,24,26-28,33-34H,1-2,10,12-15H2,3-7H3;3H2,1-2H3;1-2H3/t20?,24?,26?,27?,28?,31?,32-;;/m1../s1. The van der Waals surface area contributed by atoms with Crippen molar-refractivity contribution >= 4 is 10.9 Å². The molecule has 40 heavy (non-hydrogen) atoms. The lowest BCUT2D eigenvalue weighted by molar-refractivity contribution is -0.101. The molecule has 3 aliphatic carbocycles. The van der Waals surface area contributed by atoms with E-state index in [1.54, 1.807) is 0 Å². The number of aliphatic hydroxyl groups excluding tert-OH is 1. The number of rotatable bonds is 3. The Bertz CT molecular complexity index is 1280. The molecule has 6 rings (SSSR count). The van der Waals surface area contributed by atoms with Gasteiger partial charge in [0.05, 0.1) is 6.10 Å². The van der Waals surface area contributed by atoms with E-state index in [4.69, 9.17) is 4.74 Å². The molecule has 0 radical (unpaired) electrons. The number of allylic oxidation sites excluding steroid dienone is 1. The van der Waals surface area contributed by atoms with Gasteiger partial charge in [0, 0.05) is 27.4 Å². The smallest absolute Gasteiger partial charge is 0.108 e. The molecule has 0 spiro atoms. The van der Waals surface area contributed by atoms with Crippen LogP contribution >= 0.6 is 0 Å². The highest BCUT2D eigenvalue weighted by Gasteiger charge is 2.63. The van der Waals surface area contributed by atoms with Crippen LogP contribution in [0, 0.1) is 17.3 Å². The number of aromatic nitrogens is 1. The summed E-state index contributed by atoms with van der Waals surface area (Å²) < 4.78 is 6.44. The first kappa shape index (κ1) is 30.8. The van der Waals surface area contributed by atoms with Crippen molar-refractivity contribution in [2.24, 2.45) is 17.3 Å². The van der Waals surface area contributed by atoms with Crippen LogP contribution in [0.25, 0.3) is 10.9 Å². The number of aliphatic hydroxyl groups is 1. The van der Waals surface area contributed by atoms with E-state index in [0.29, 0.717) is 11.8 Å². The molecule has 2 aromatic rings. The van der Waals surface area contributed by atoms with E-state index in [1.165, 1.54) is 52.6 Å². The van der Waals surface area contributed by atoms with E-state index in [2.05, 4.69) is 84.0 Å². The molecule has 0 bridgehead atoms. The third-order valence-corrected chi connectivity index (χ3v) is 10.9. The Balaban J connectivity index is 0.000000695. The lowest BCUT2D eigenvalue weighted by Crippen LogP contribution is -2.58. The molecule has 0 saturated heterocycles. The van der Waals surface area contributed by atoms with Gasteiger partial charge in [-0.15, -0.1) is 6.58 Å². The van der Waals surface area contributed by atoms with Gasteiger partial charge in [-0.25, -0.2) is 0 Å². The van der Waals surface area contributed by atoms with Crippen LogP contribution in [0.1, 0.15) is 111 Å². The molecule has 0 amide bonds. The van der Waals surface area contributed by atoms with Crippen molar-refractivity contribution in [3.05, 3.63) is 71.5 Å². The molecule has 4 aliphatic rings. The van der Waals surface area contributed by atoms with Gasteiger partial charge < -0.3 is 14.8 Å². The summed E-state index contributed by atoms with van der Waals surface area (Å²) in [6.45, 7) is 27.9. The molecule has 3 heteroatoms. The average Bonchev–Trinajstić information content (AvgIpc) is 3.44. The number of aromatic amines is 1. The van der Waals surface area contributed by atoms with Gasteiger partial charge in [-0.3, -0.25) is 0 Å². The Kier molecular flexibility index (Phi) is 8.71. The van der Waals surface area contributed by atoms with Crippen LogP contribution in [-0.2, 0) is 22.0 Å². The highest BCUT2D eigenvalue weighted by molar-refractivity contribution is 5.87. The minimum Gasteiger partial charge on any atom is -0.386 e. The molecule has 7 atom stereocenters. The summed E-state index contributed by atoms with van der Waals surface area (Å²) >= 11 is 0. The summed E-state index contributed by atoms with van der Waals surface area (Å²) in [5.41, 5.74) is 8.00.